The van der Waals surface area contributed by atoms with E-state index >= 15 is 0 Å². The zero-order valence-corrected chi connectivity index (χ0v) is 21.9. The molecular formula is C30H27N7O3. The molecule has 0 aliphatic carbocycles. The van der Waals surface area contributed by atoms with Crippen LogP contribution in [0.3, 0.4) is 0 Å². The van der Waals surface area contributed by atoms with Crippen LogP contribution in [0.2, 0.25) is 0 Å². The van der Waals surface area contributed by atoms with Gasteiger partial charge in [0.2, 0.25) is 0 Å². The predicted octanol–water partition coefficient (Wildman–Crippen LogP) is 4.36. The van der Waals surface area contributed by atoms with Gasteiger partial charge in [0, 0.05) is 48.1 Å². The van der Waals surface area contributed by atoms with Gasteiger partial charge in [-0.1, -0.05) is 36.4 Å². The summed E-state index contributed by atoms with van der Waals surface area (Å²) >= 11 is 0. The zero-order valence-electron chi connectivity index (χ0n) is 21.9. The zero-order chi connectivity index (χ0) is 27.8. The van der Waals surface area contributed by atoms with E-state index in [9.17, 15) is 14.7 Å². The van der Waals surface area contributed by atoms with Crippen LogP contribution in [-0.4, -0.2) is 59.4 Å². The summed E-state index contributed by atoms with van der Waals surface area (Å²) in [5.41, 5.74) is 11.5. The summed E-state index contributed by atoms with van der Waals surface area (Å²) in [5.74, 6) is -0.507. The Labute approximate surface area is 230 Å². The van der Waals surface area contributed by atoms with Gasteiger partial charge >= 0.3 is 0 Å². The van der Waals surface area contributed by atoms with Gasteiger partial charge in [-0.05, 0) is 38.0 Å². The Balaban J connectivity index is 1.32. The number of nitrogens with zero attached hydrogens (tertiary/aromatic N) is 6. The highest BCUT2D eigenvalue weighted by molar-refractivity contribution is 6.00. The highest BCUT2D eigenvalue weighted by atomic mass is 16.3. The molecule has 200 valence electrons. The average molecular weight is 534 g/mol. The number of fused-ring (bicyclic) bond motifs is 1. The molecule has 1 aliphatic heterocycles. The number of anilines is 1. The van der Waals surface area contributed by atoms with E-state index in [4.69, 9.17) is 10.7 Å². The first-order chi connectivity index (χ1) is 19.4. The number of nitrogens with two attached hydrogens (primary N) is 1. The minimum Gasteiger partial charge on any atom is -0.505 e. The molecule has 0 radical (unpaired) electrons. The quantitative estimate of drug-likeness (QED) is 0.318. The van der Waals surface area contributed by atoms with Crippen molar-refractivity contribution >= 4 is 23.2 Å². The summed E-state index contributed by atoms with van der Waals surface area (Å²) in [5, 5.41) is 14.5. The number of pyridine rings is 2. The van der Waals surface area contributed by atoms with Crippen LogP contribution in [-0.2, 0) is 0 Å². The minimum atomic E-state index is -0.323. The highest BCUT2D eigenvalue weighted by Gasteiger charge is 2.31. The van der Waals surface area contributed by atoms with Crippen LogP contribution in [0.15, 0.2) is 73.2 Å². The maximum absolute atomic E-state index is 12.9. The lowest BCUT2D eigenvalue weighted by Gasteiger charge is -2.32. The van der Waals surface area contributed by atoms with Gasteiger partial charge in [0.15, 0.2) is 17.1 Å². The number of carbonyl (C=O) groups is 2. The molecule has 6 rings (SSSR count). The standard InChI is InChI=1S/C30H27N7O3/c1-18(38)25-26(20-11-14-36(15-12-20)30(40)27-24(39)8-5-13-32-27)35-29-22(17-34-37(29)28(25)31)21-9-10-23(33-16-21)19-6-3-2-4-7-19/h2-10,13,16-17,20,39H,11-12,14-15,31H2,1H3. The van der Waals surface area contributed by atoms with Crippen molar-refractivity contribution in [2.45, 2.75) is 25.7 Å². The lowest BCUT2D eigenvalue weighted by molar-refractivity contribution is 0.0701. The van der Waals surface area contributed by atoms with Crippen molar-refractivity contribution in [1.82, 2.24) is 29.5 Å². The van der Waals surface area contributed by atoms with Crippen molar-refractivity contribution in [2.24, 2.45) is 0 Å². The topological polar surface area (TPSA) is 140 Å². The van der Waals surface area contributed by atoms with Crippen molar-refractivity contribution < 1.29 is 14.7 Å². The number of Topliss-reactive ketones (excluding diaryl/α,β-unsaturated/α-hetero) is 1. The fourth-order valence-electron chi connectivity index (χ4n) is 5.29. The number of piperidine rings is 1. The molecule has 5 heterocycles. The Bertz CT molecular complexity index is 1720. The van der Waals surface area contributed by atoms with Crippen LogP contribution in [0.1, 0.15) is 52.2 Å². The van der Waals surface area contributed by atoms with Gasteiger partial charge < -0.3 is 15.7 Å². The van der Waals surface area contributed by atoms with Crippen molar-refractivity contribution in [3.8, 4) is 28.1 Å². The van der Waals surface area contributed by atoms with E-state index in [1.165, 1.54) is 23.7 Å². The number of likely N-dealkylation sites (tertiary alicyclic amines) is 1. The van der Waals surface area contributed by atoms with Crippen molar-refractivity contribution in [1.29, 1.82) is 0 Å². The van der Waals surface area contributed by atoms with Gasteiger partial charge in [-0.15, -0.1) is 0 Å². The van der Waals surface area contributed by atoms with Crippen LogP contribution in [0, 0.1) is 0 Å². The van der Waals surface area contributed by atoms with E-state index in [2.05, 4.69) is 15.1 Å². The second kappa shape index (κ2) is 10.2. The van der Waals surface area contributed by atoms with Gasteiger partial charge in [-0.3, -0.25) is 14.6 Å². The fourth-order valence-corrected chi connectivity index (χ4v) is 5.29. The number of rotatable bonds is 5. The molecular weight excluding hydrogens is 506 g/mol. The Morgan fingerprint density at radius 1 is 0.950 bits per heavy atom. The lowest BCUT2D eigenvalue weighted by Crippen LogP contribution is -2.38. The van der Waals surface area contributed by atoms with E-state index in [1.807, 2.05) is 42.5 Å². The number of hydrogen-bond donors (Lipinski definition) is 2. The third-order valence-electron chi connectivity index (χ3n) is 7.36. The van der Waals surface area contributed by atoms with Crippen molar-refractivity contribution in [3.05, 3.63) is 90.1 Å². The normalized spacial score (nSPS) is 14.0. The van der Waals surface area contributed by atoms with Gasteiger partial charge in [0.25, 0.3) is 5.91 Å². The van der Waals surface area contributed by atoms with E-state index in [1.54, 1.807) is 23.4 Å². The van der Waals surface area contributed by atoms with Crippen LogP contribution in [0.25, 0.3) is 28.0 Å². The first-order valence-corrected chi connectivity index (χ1v) is 13.1. The van der Waals surface area contributed by atoms with Gasteiger partial charge in [-0.25, -0.2) is 9.97 Å². The minimum absolute atomic E-state index is 0.0324. The molecule has 0 unspecified atom stereocenters. The number of amides is 1. The number of nitrogen functional groups attached to an aromatic ring is 1. The van der Waals surface area contributed by atoms with E-state index in [0.29, 0.717) is 42.8 Å². The fraction of sp³-hybridized carbons (Fsp3) is 0.200. The third kappa shape index (κ3) is 4.43. The smallest absolute Gasteiger partial charge is 0.276 e. The molecule has 0 atom stereocenters. The van der Waals surface area contributed by atoms with Gasteiger partial charge in [-0.2, -0.15) is 9.61 Å². The maximum atomic E-state index is 12.9. The first kappa shape index (κ1) is 25.2. The molecule has 1 saturated heterocycles. The van der Waals surface area contributed by atoms with E-state index in [-0.39, 0.29) is 34.9 Å². The third-order valence-corrected chi connectivity index (χ3v) is 7.36. The number of hydrogen-bond acceptors (Lipinski definition) is 8. The number of aromatic hydroxyl groups is 1. The number of ketones is 1. The molecule has 1 aromatic carbocycles. The summed E-state index contributed by atoms with van der Waals surface area (Å²) in [6.07, 6.45) is 6.12. The average Bonchev–Trinajstić information content (AvgIpc) is 3.42. The monoisotopic (exact) mass is 533 g/mol. The summed E-state index contributed by atoms with van der Waals surface area (Å²) in [4.78, 5) is 41.0. The molecule has 10 nitrogen and oxygen atoms in total. The van der Waals surface area contributed by atoms with Crippen LogP contribution in [0.5, 0.6) is 5.75 Å². The Kier molecular flexibility index (Phi) is 6.43. The molecule has 0 bridgehead atoms. The first-order valence-electron chi connectivity index (χ1n) is 13.1. The van der Waals surface area contributed by atoms with Gasteiger partial charge in [0.1, 0.15) is 11.6 Å². The lowest BCUT2D eigenvalue weighted by atomic mass is 9.89. The predicted molar refractivity (Wildman–Crippen MR) is 150 cm³/mol. The Morgan fingerprint density at radius 3 is 2.40 bits per heavy atom. The molecule has 1 aliphatic rings. The number of aromatic nitrogens is 5. The molecule has 3 N–H and O–H groups in total. The van der Waals surface area contributed by atoms with Crippen LogP contribution >= 0.6 is 0 Å². The SMILES string of the molecule is CC(=O)c1c(C2CCN(C(=O)c3ncccc3O)CC2)nc2c(-c3ccc(-c4ccccc4)nc3)cnn2c1N. The summed E-state index contributed by atoms with van der Waals surface area (Å²) in [6.45, 7) is 2.34. The highest BCUT2D eigenvalue weighted by Crippen LogP contribution is 2.35. The molecule has 1 fully saturated rings. The van der Waals surface area contributed by atoms with Gasteiger partial charge in [0.05, 0.1) is 23.1 Å². The second-order valence-electron chi connectivity index (χ2n) is 9.84. The molecule has 5 aromatic rings. The molecule has 4 aromatic heterocycles. The number of benzene rings is 1. The molecule has 1 amide bonds. The molecule has 10 heteroatoms. The molecule has 0 spiro atoms. The van der Waals surface area contributed by atoms with E-state index < -0.39 is 0 Å². The Hall–Kier alpha value is -5.12. The summed E-state index contributed by atoms with van der Waals surface area (Å²) < 4.78 is 1.50. The largest absolute Gasteiger partial charge is 0.505 e. The second-order valence-corrected chi connectivity index (χ2v) is 9.84. The van der Waals surface area contributed by atoms with Crippen molar-refractivity contribution in [3.63, 3.8) is 0 Å². The molecule has 0 saturated carbocycles. The van der Waals surface area contributed by atoms with Crippen LogP contribution in [0.4, 0.5) is 5.82 Å². The summed E-state index contributed by atoms with van der Waals surface area (Å²) in [7, 11) is 0. The number of carbonyl (C=O) groups excluding carboxylic acids is 2. The molecule has 40 heavy (non-hydrogen) atoms. The Morgan fingerprint density at radius 2 is 1.73 bits per heavy atom. The summed E-state index contributed by atoms with van der Waals surface area (Å²) in [6, 6.07) is 16.9. The van der Waals surface area contributed by atoms with Crippen LogP contribution < -0.4 is 5.73 Å². The van der Waals surface area contributed by atoms with E-state index in [0.717, 1.165) is 22.4 Å². The maximum Gasteiger partial charge on any atom is 0.276 e. The van der Waals surface area contributed by atoms with Crippen molar-refractivity contribution in [2.75, 3.05) is 18.8 Å².